The number of benzene rings is 2. The molecule has 0 heterocycles. The van der Waals surface area contributed by atoms with Crippen LogP contribution in [-0.4, -0.2) is 5.91 Å². The summed E-state index contributed by atoms with van der Waals surface area (Å²) in [7, 11) is 0. The lowest BCUT2D eigenvalue weighted by molar-refractivity contribution is -0.117. The van der Waals surface area contributed by atoms with Gasteiger partial charge in [0, 0.05) is 17.8 Å². The average molecular weight is 258 g/mol. The van der Waals surface area contributed by atoms with Crippen LogP contribution in [0.3, 0.4) is 0 Å². The Bertz CT molecular complexity index is 584. The molecule has 0 radical (unpaired) electrons. The maximum Gasteiger partial charge on any atom is 0.221 e. The van der Waals surface area contributed by atoms with Crippen LogP contribution in [0.25, 0.3) is 0 Å². The van der Waals surface area contributed by atoms with Crippen molar-refractivity contribution in [3.8, 4) is 0 Å². The number of nitrogens with one attached hydrogen (secondary N) is 1. The Morgan fingerprint density at radius 3 is 2.37 bits per heavy atom. The fourth-order valence-corrected chi connectivity index (χ4v) is 1.87. The molecule has 3 N–H and O–H groups in total. The Morgan fingerprint density at radius 2 is 1.68 bits per heavy atom. The summed E-state index contributed by atoms with van der Waals surface area (Å²) in [6, 6.07) is 14.0. The molecule has 0 aliphatic rings. The Kier molecular flexibility index (Phi) is 4.13. The number of anilines is 1. The molecule has 0 atom stereocenters. The highest BCUT2D eigenvalue weighted by Gasteiger charge is 2.06. The van der Waals surface area contributed by atoms with Crippen molar-refractivity contribution < 1.29 is 9.18 Å². The zero-order valence-electron chi connectivity index (χ0n) is 10.4. The number of carbonyl (C=O) groups excluding carboxylic acids is 1. The maximum atomic E-state index is 13.5. The molecule has 0 unspecified atom stereocenters. The van der Waals surface area contributed by atoms with Crippen LogP contribution in [0.15, 0.2) is 48.5 Å². The summed E-state index contributed by atoms with van der Waals surface area (Å²) in [4.78, 5) is 11.0. The first-order chi connectivity index (χ1) is 9.16. The van der Waals surface area contributed by atoms with E-state index in [1.807, 2.05) is 24.3 Å². The van der Waals surface area contributed by atoms with E-state index in [4.69, 9.17) is 5.73 Å². The number of amides is 1. The highest BCUT2D eigenvalue weighted by molar-refractivity contribution is 5.78. The number of para-hydroxylation sites is 1. The van der Waals surface area contributed by atoms with E-state index < -0.39 is 0 Å². The minimum Gasteiger partial charge on any atom is -0.381 e. The van der Waals surface area contributed by atoms with Gasteiger partial charge in [-0.15, -0.1) is 0 Å². The third-order valence-corrected chi connectivity index (χ3v) is 2.81. The lowest BCUT2D eigenvalue weighted by atomic mass is 10.1. The SMILES string of the molecule is NC(=O)Cc1ccccc1NCc1ccccc1F. The largest absolute Gasteiger partial charge is 0.381 e. The number of hydrogen-bond acceptors (Lipinski definition) is 2. The van der Waals surface area contributed by atoms with Crippen LogP contribution >= 0.6 is 0 Å². The molecule has 19 heavy (non-hydrogen) atoms. The van der Waals surface area contributed by atoms with Crippen molar-refractivity contribution in [2.24, 2.45) is 5.73 Å². The molecule has 2 aromatic rings. The van der Waals surface area contributed by atoms with Crippen molar-refractivity contribution in [3.05, 3.63) is 65.5 Å². The van der Waals surface area contributed by atoms with Crippen LogP contribution in [0.1, 0.15) is 11.1 Å². The van der Waals surface area contributed by atoms with Gasteiger partial charge in [0.15, 0.2) is 0 Å². The molecule has 98 valence electrons. The van der Waals surface area contributed by atoms with Gasteiger partial charge in [-0.25, -0.2) is 4.39 Å². The standard InChI is InChI=1S/C15H15FN2O/c16-13-7-3-1-6-12(13)10-18-14-8-4-2-5-11(14)9-15(17)19/h1-8,18H,9-10H2,(H2,17,19). The monoisotopic (exact) mass is 258 g/mol. The predicted octanol–water partition coefficient (Wildman–Crippen LogP) is 2.47. The molecule has 0 saturated heterocycles. The number of hydrogen-bond donors (Lipinski definition) is 2. The second kappa shape index (κ2) is 6.00. The van der Waals surface area contributed by atoms with E-state index in [9.17, 15) is 9.18 Å². The zero-order valence-corrected chi connectivity index (χ0v) is 10.4. The molecule has 0 spiro atoms. The summed E-state index contributed by atoms with van der Waals surface area (Å²) in [5.41, 5.74) is 7.39. The van der Waals surface area contributed by atoms with Gasteiger partial charge in [0.25, 0.3) is 0 Å². The first-order valence-electron chi connectivity index (χ1n) is 6.00. The van der Waals surface area contributed by atoms with E-state index in [0.717, 1.165) is 11.3 Å². The fourth-order valence-electron chi connectivity index (χ4n) is 1.87. The van der Waals surface area contributed by atoms with Gasteiger partial charge in [0.1, 0.15) is 5.82 Å². The van der Waals surface area contributed by atoms with E-state index in [0.29, 0.717) is 12.1 Å². The van der Waals surface area contributed by atoms with Crippen LogP contribution < -0.4 is 11.1 Å². The van der Waals surface area contributed by atoms with Gasteiger partial charge in [-0.1, -0.05) is 36.4 Å². The molecular weight excluding hydrogens is 243 g/mol. The smallest absolute Gasteiger partial charge is 0.221 e. The van der Waals surface area contributed by atoms with Crippen molar-refractivity contribution in [1.82, 2.24) is 0 Å². The lowest BCUT2D eigenvalue weighted by Crippen LogP contribution is -2.15. The minimum atomic E-state index is -0.389. The molecule has 0 fully saturated rings. The van der Waals surface area contributed by atoms with Gasteiger partial charge in [-0.2, -0.15) is 0 Å². The van der Waals surface area contributed by atoms with Crippen molar-refractivity contribution in [1.29, 1.82) is 0 Å². The molecule has 0 saturated carbocycles. The highest BCUT2D eigenvalue weighted by Crippen LogP contribution is 2.17. The van der Waals surface area contributed by atoms with Crippen molar-refractivity contribution in [2.45, 2.75) is 13.0 Å². The predicted molar refractivity (Wildman–Crippen MR) is 73.1 cm³/mol. The van der Waals surface area contributed by atoms with E-state index in [-0.39, 0.29) is 18.1 Å². The van der Waals surface area contributed by atoms with Crippen LogP contribution in [0.2, 0.25) is 0 Å². The summed E-state index contributed by atoms with van der Waals surface area (Å²) in [5, 5.41) is 3.13. The molecule has 0 aliphatic carbocycles. The van der Waals surface area contributed by atoms with Crippen molar-refractivity contribution >= 4 is 11.6 Å². The van der Waals surface area contributed by atoms with Gasteiger partial charge in [0.05, 0.1) is 6.42 Å². The third-order valence-electron chi connectivity index (χ3n) is 2.81. The number of nitrogens with two attached hydrogens (primary N) is 1. The molecule has 2 rings (SSSR count). The van der Waals surface area contributed by atoms with Gasteiger partial charge in [-0.05, 0) is 17.7 Å². The van der Waals surface area contributed by atoms with Crippen LogP contribution in [0.5, 0.6) is 0 Å². The average Bonchev–Trinajstić information content (AvgIpc) is 2.39. The molecule has 4 heteroatoms. The Labute approximate surface area is 111 Å². The Hall–Kier alpha value is -2.36. The molecule has 1 amide bonds. The van der Waals surface area contributed by atoms with E-state index in [1.165, 1.54) is 6.07 Å². The fraction of sp³-hybridized carbons (Fsp3) is 0.133. The van der Waals surface area contributed by atoms with Gasteiger partial charge in [-0.3, -0.25) is 4.79 Å². The first-order valence-corrected chi connectivity index (χ1v) is 6.00. The molecule has 3 nitrogen and oxygen atoms in total. The van der Waals surface area contributed by atoms with Crippen LogP contribution in [-0.2, 0) is 17.8 Å². The summed E-state index contributed by atoms with van der Waals surface area (Å²) in [6.45, 7) is 0.364. The Morgan fingerprint density at radius 1 is 1.05 bits per heavy atom. The van der Waals surface area contributed by atoms with Crippen LogP contribution in [0.4, 0.5) is 10.1 Å². The number of primary amides is 1. The van der Waals surface area contributed by atoms with Crippen molar-refractivity contribution in [2.75, 3.05) is 5.32 Å². The number of rotatable bonds is 5. The number of carbonyl (C=O) groups is 1. The van der Waals surface area contributed by atoms with Gasteiger partial charge in [0.2, 0.25) is 5.91 Å². The number of halogens is 1. The van der Waals surface area contributed by atoms with Gasteiger partial charge < -0.3 is 11.1 Å². The summed E-state index contributed by atoms with van der Waals surface area (Å²) < 4.78 is 13.5. The minimum absolute atomic E-state index is 0.167. The molecule has 0 aliphatic heterocycles. The van der Waals surface area contributed by atoms with E-state index in [1.54, 1.807) is 18.2 Å². The topological polar surface area (TPSA) is 55.1 Å². The van der Waals surface area contributed by atoms with E-state index in [2.05, 4.69) is 5.32 Å². The third kappa shape index (κ3) is 3.55. The van der Waals surface area contributed by atoms with Crippen LogP contribution in [0, 0.1) is 5.82 Å². The van der Waals surface area contributed by atoms with Gasteiger partial charge >= 0.3 is 0 Å². The molecule has 2 aromatic carbocycles. The second-order valence-electron chi connectivity index (χ2n) is 4.25. The Balaban J connectivity index is 2.11. The summed E-state index contributed by atoms with van der Waals surface area (Å²) in [6.07, 6.45) is 0.167. The zero-order chi connectivity index (χ0) is 13.7. The molecule has 0 bridgehead atoms. The summed E-state index contributed by atoms with van der Waals surface area (Å²) >= 11 is 0. The first kappa shape index (κ1) is 13.1. The lowest BCUT2D eigenvalue weighted by Gasteiger charge is -2.11. The highest BCUT2D eigenvalue weighted by atomic mass is 19.1. The second-order valence-corrected chi connectivity index (χ2v) is 4.25. The summed E-state index contributed by atoms with van der Waals surface area (Å²) in [5.74, 6) is -0.637. The van der Waals surface area contributed by atoms with E-state index >= 15 is 0 Å². The quantitative estimate of drug-likeness (QED) is 0.865. The molecular formula is C15H15FN2O. The maximum absolute atomic E-state index is 13.5. The van der Waals surface area contributed by atoms with Crippen molar-refractivity contribution in [3.63, 3.8) is 0 Å². The molecule has 0 aromatic heterocycles. The normalized spacial score (nSPS) is 10.2.